The van der Waals surface area contributed by atoms with Gasteiger partial charge >= 0.3 is 6.18 Å². The van der Waals surface area contributed by atoms with Crippen LogP contribution in [0.25, 0.3) is 0 Å². The van der Waals surface area contributed by atoms with Crippen LogP contribution in [0, 0.1) is 31.3 Å². The normalized spacial score (nSPS) is 16.1. The summed E-state index contributed by atoms with van der Waals surface area (Å²) in [7, 11) is 0. The van der Waals surface area contributed by atoms with Gasteiger partial charge in [-0.05, 0) is 241 Å². The third-order valence-electron chi connectivity index (χ3n) is 12.2. The van der Waals surface area contributed by atoms with Crippen LogP contribution < -0.4 is 16.0 Å². The molecule has 354 valence electrons. The summed E-state index contributed by atoms with van der Waals surface area (Å²) in [5, 5.41) is 10.8. The highest BCUT2D eigenvalue weighted by Crippen LogP contribution is 2.42. The lowest BCUT2D eigenvalue weighted by atomic mass is 9.90. The maximum absolute atomic E-state index is 13.7. The predicted octanol–water partition coefficient (Wildman–Crippen LogP) is 15.6. The van der Waals surface area contributed by atoms with E-state index < -0.39 is 11.7 Å². The number of piperidine rings is 3. The Morgan fingerprint density at radius 3 is 1.30 bits per heavy atom. The van der Waals surface area contributed by atoms with Crippen molar-refractivity contribution in [2.24, 2.45) is 0 Å². The van der Waals surface area contributed by atoms with Gasteiger partial charge in [0.2, 0.25) is 0 Å². The van der Waals surface area contributed by atoms with E-state index in [4.69, 9.17) is 11.6 Å². The van der Waals surface area contributed by atoms with E-state index in [1.165, 1.54) is 55.8 Å². The molecule has 0 unspecified atom stereocenters. The second kappa shape index (κ2) is 24.6. The first-order chi connectivity index (χ1) is 32.3. The molecule has 3 heterocycles. The average Bonchev–Trinajstić information content (AvgIpc) is 3.33. The zero-order chi connectivity index (χ0) is 47.3. The molecule has 3 aliphatic rings. The lowest BCUT2D eigenvalue weighted by Crippen LogP contribution is -2.26. The zero-order valence-corrected chi connectivity index (χ0v) is 40.8. The molecular formula is C54H56ClF6N3S3. The quantitative estimate of drug-likeness (QED) is 0.125. The van der Waals surface area contributed by atoms with Gasteiger partial charge in [0.25, 0.3) is 0 Å². The maximum Gasteiger partial charge on any atom is 0.416 e. The highest BCUT2D eigenvalue weighted by atomic mass is 35.5. The first kappa shape index (κ1) is 51.0. The standard InChI is InChI=1S/C18H19ClFNS.C18H17F4NS.C18H20FNS/c1-12-10-14(19)2-4-17(12)22-18-5-3-15(20)11-16(18)13-6-8-21-9-7-13;19-14-3-6-17(16(11-14)12-7-9-23-10-8-12)24-15-4-1-13(2-5-15)18(20,21)22;1-13-3-2-4-16(11-13)21-18-6-5-15(19)12-17(18)14-7-9-20-10-8-14/h2-5,10-11,13,21H,6-9H2,1H3;1-6,11-12,23H,7-10H2;2-6,11-12,14,20H,7-10H2,1H3. The molecule has 3 fully saturated rings. The van der Waals surface area contributed by atoms with E-state index in [-0.39, 0.29) is 23.4 Å². The van der Waals surface area contributed by atoms with Crippen molar-refractivity contribution in [1.29, 1.82) is 0 Å². The topological polar surface area (TPSA) is 36.1 Å². The molecule has 9 rings (SSSR count). The number of aryl methyl sites for hydroxylation is 2. The van der Waals surface area contributed by atoms with Crippen molar-refractivity contribution in [2.75, 3.05) is 39.3 Å². The van der Waals surface area contributed by atoms with Gasteiger partial charge in [-0.3, -0.25) is 0 Å². The van der Waals surface area contributed by atoms with Crippen LogP contribution in [-0.4, -0.2) is 39.3 Å². The Hall–Kier alpha value is -3.88. The summed E-state index contributed by atoms with van der Waals surface area (Å²) in [5.74, 6) is 0.628. The number of nitrogens with one attached hydrogen (secondary N) is 3. The Morgan fingerprint density at radius 2 is 0.881 bits per heavy atom. The van der Waals surface area contributed by atoms with Crippen LogP contribution in [0.2, 0.25) is 5.02 Å². The van der Waals surface area contributed by atoms with Crippen LogP contribution in [0.1, 0.15) is 89.7 Å². The van der Waals surface area contributed by atoms with Gasteiger partial charge in [0.05, 0.1) is 5.56 Å². The second-order valence-corrected chi connectivity index (χ2v) is 20.9. The highest BCUT2D eigenvalue weighted by Gasteiger charge is 2.30. The number of hydrogen-bond donors (Lipinski definition) is 3. The van der Waals surface area contributed by atoms with E-state index >= 15 is 0 Å². The van der Waals surface area contributed by atoms with E-state index in [0.29, 0.717) is 16.7 Å². The molecule has 3 nitrogen and oxygen atoms in total. The Morgan fingerprint density at radius 1 is 0.463 bits per heavy atom. The average molecular weight is 993 g/mol. The summed E-state index contributed by atoms with van der Waals surface area (Å²) in [4.78, 5) is 6.35. The third-order valence-corrected chi connectivity index (χ3v) is 15.9. The van der Waals surface area contributed by atoms with Crippen molar-refractivity contribution in [1.82, 2.24) is 16.0 Å². The number of benzene rings is 6. The van der Waals surface area contributed by atoms with Gasteiger partial charge in [0, 0.05) is 34.4 Å². The first-order valence-electron chi connectivity index (χ1n) is 22.8. The third kappa shape index (κ3) is 15.1. The van der Waals surface area contributed by atoms with E-state index in [0.717, 1.165) is 121 Å². The molecule has 0 aromatic heterocycles. The van der Waals surface area contributed by atoms with Gasteiger partial charge < -0.3 is 16.0 Å². The lowest BCUT2D eigenvalue weighted by Gasteiger charge is -2.25. The minimum atomic E-state index is -4.33. The van der Waals surface area contributed by atoms with Gasteiger partial charge in [-0.25, -0.2) is 13.2 Å². The SMILES string of the molecule is Cc1cc(Cl)ccc1Sc1ccc(F)cc1C1CCNCC1.Cc1cccc(Sc2ccc(F)cc2C2CCNCC2)c1.Fc1ccc(Sc2ccc(C(F)(F)F)cc2)c(C2CCNCC2)c1. The minimum Gasteiger partial charge on any atom is -0.317 e. The summed E-state index contributed by atoms with van der Waals surface area (Å²) in [6.45, 7) is 10.0. The molecule has 0 radical (unpaired) electrons. The van der Waals surface area contributed by atoms with Crippen molar-refractivity contribution in [3.8, 4) is 0 Å². The van der Waals surface area contributed by atoms with Crippen molar-refractivity contribution in [2.45, 2.75) is 106 Å². The van der Waals surface area contributed by atoms with Crippen molar-refractivity contribution in [3.05, 3.63) is 177 Å². The molecule has 0 amide bonds. The molecule has 0 atom stereocenters. The molecule has 0 aliphatic carbocycles. The van der Waals surface area contributed by atoms with Gasteiger partial charge in [0.15, 0.2) is 0 Å². The predicted molar refractivity (Wildman–Crippen MR) is 265 cm³/mol. The van der Waals surface area contributed by atoms with Crippen LogP contribution in [-0.2, 0) is 6.18 Å². The Kier molecular flexibility index (Phi) is 18.7. The second-order valence-electron chi connectivity index (χ2n) is 17.2. The first-order valence-corrected chi connectivity index (χ1v) is 25.7. The summed E-state index contributed by atoms with van der Waals surface area (Å²) in [5.41, 5.74) is 5.00. The fourth-order valence-electron chi connectivity index (χ4n) is 8.68. The minimum absolute atomic E-state index is 0.128. The van der Waals surface area contributed by atoms with Gasteiger partial charge in [-0.2, -0.15) is 13.2 Å². The molecule has 3 N–H and O–H groups in total. The van der Waals surface area contributed by atoms with E-state index in [1.807, 2.05) is 30.3 Å². The summed E-state index contributed by atoms with van der Waals surface area (Å²) >= 11 is 10.9. The monoisotopic (exact) mass is 991 g/mol. The fourth-order valence-corrected chi connectivity index (χ4v) is 12.1. The van der Waals surface area contributed by atoms with Crippen molar-refractivity contribution in [3.63, 3.8) is 0 Å². The van der Waals surface area contributed by atoms with E-state index in [1.54, 1.807) is 59.9 Å². The van der Waals surface area contributed by atoms with Crippen molar-refractivity contribution < 1.29 is 26.3 Å². The number of halogens is 7. The van der Waals surface area contributed by atoms with Crippen molar-refractivity contribution >= 4 is 46.9 Å². The van der Waals surface area contributed by atoms with E-state index in [2.05, 4.69) is 54.1 Å². The summed E-state index contributed by atoms with van der Waals surface area (Å²) in [6.07, 6.45) is 1.84. The molecule has 67 heavy (non-hydrogen) atoms. The molecule has 0 saturated carbocycles. The van der Waals surface area contributed by atoms with E-state index in [9.17, 15) is 26.3 Å². The van der Waals surface area contributed by atoms with Gasteiger partial charge in [0.1, 0.15) is 17.5 Å². The van der Waals surface area contributed by atoms with Crippen LogP contribution in [0.3, 0.4) is 0 Å². The molecule has 3 aliphatic heterocycles. The largest absolute Gasteiger partial charge is 0.416 e. The zero-order valence-electron chi connectivity index (χ0n) is 37.6. The van der Waals surface area contributed by atoms with Gasteiger partial charge in [-0.15, -0.1) is 0 Å². The van der Waals surface area contributed by atoms with Gasteiger partial charge in [-0.1, -0.05) is 64.6 Å². The molecule has 6 aromatic rings. The van der Waals surface area contributed by atoms with Crippen LogP contribution in [0.5, 0.6) is 0 Å². The maximum atomic E-state index is 13.7. The van der Waals surface area contributed by atoms with Crippen LogP contribution in [0.4, 0.5) is 26.3 Å². The Balaban J connectivity index is 0.000000149. The summed E-state index contributed by atoms with van der Waals surface area (Å²) in [6, 6.07) is 34.6. The molecule has 6 aromatic carbocycles. The Labute approximate surface area is 409 Å². The number of alkyl halides is 3. The smallest absolute Gasteiger partial charge is 0.317 e. The molecule has 0 bridgehead atoms. The van der Waals surface area contributed by atoms with Crippen LogP contribution in [0.15, 0.2) is 151 Å². The van der Waals surface area contributed by atoms with Crippen LogP contribution >= 0.6 is 46.9 Å². The lowest BCUT2D eigenvalue weighted by molar-refractivity contribution is -0.137. The Bertz CT molecular complexity index is 2540. The number of rotatable bonds is 9. The molecule has 3 saturated heterocycles. The highest BCUT2D eigenvalue weighted by molar-refractivity contribution is 8.00. The number of hydrogen-bond acceptors (Lipinski definition) is 6. The summed E-state index contributed by atoms with van der Waals surface area (Å²) < 4.78 is 79.0. The fraction of sp³-hybridized carbons (Fsp3) is 0.333. The molecule has 0 spiro atoms. The molecule has 13 heteroatoms. The molecular weight excluding hydrogens is 936 g/mol.